The number of benzene rings is 1. The fourth-order valence-corrected chi connectivity index (χ4v) is 1.96. The van der Waals surface area contributed by atoms with Gasteiger partial charge in [0.1, 0.15) is 12.4 Å². The highest BCUT2D eigenvalue weighted by atomic mass is 127. The van der Waals surface area contributed by atoms with Gasteiger partial charge in [0.15, 0.2) is 0 Å². The number of halogens is 1. The zero-order valence-electron chi connectivity index (χ0n) is 11.7. The Hall–Kier alpha value is -0.330. The molecule has 4 heteroatoms. The quantitative estimate of drug-likeness (QED) is 0.539. The molecule has 1 aromatic rings. The summed E-state index contributed by atoms with van der Waals surface area (Å²) in [6.07, 6.45) is 2.23. The molecule has 0 aliphatic carbocycles. The first-order chi connectivity index (χ1) is 9.04. The minimum Gasteiger partial charge on any atom is -0.492 e. The van der Waals surface area contributed by atoms with Crippen molar-refractivity contribution < 1.29 is 9.84 Å². The molecule has 19 heavy (non-hydrogen) atoms. The highest BCUT2D eigenvalue weighted by Crippen LogP contribution is 2.29. The molecule has 108 valence electrons. The number of ether oxygens (including phenoxy) is 1. The van der Waals surface area contributed by atoms with Crippen LogP contribution in [0.1, 0.15) is 44.8 Å². The fraction of sp³-hybridized carbons (Fsp3) is 0.600. The first kappa shape index (κ1) is 16.7. The van der Waals surface area contributed by atoms with Gasteiger partial charge in [0.2, 0.25) is 0 Å². The van der Waals surface area contributed by atoms with Crippen LogP contribution in [0.25, 0.3) is 0 Å². The van der Waals surface area contributed by atoms with Crippen LogP contribution in [0.5, 0.6) is 5.75 Å². The Kier molecular flexibility index (Phi) is 7.10. The van der Waals surface area contributed by atoms with Crippen molar-refractivity contribution in [2.24, 2.45) is 5.73 Å². The molecule has 1 aromatic carbocycles. The summed E-state index contributed by atoms with van der Waals surface area (Å²) < 4.78 is 6.06. The van der Waals surface area contributed by atoms with E-state index in [0.29, 0.717) is 19.6 Å². The monoisotopic (exact) mass is 377 g/mol. The van der Waals surface area contributed by atoms with Crippen LogP contribution >= 0.6 is 22.6 Å². The van der Waals surface area contributed by atoms with Crippen molar-refractivity contribution >= 4 is 22.6 Å². The smallest absolute Gasteiger partial charge is 0.119 e. The third-order valence-electron chi connectivity index (χ3n) is 3.45. The molecule has 0 amide bonds. The van der Waals surface area contributed by atoms with Gasteiger partial charge < -0.3 is 15.6 Å². The molecule has 0 spiro atoms. The molecule has 3 N–H and O–H groups in total. The zero-order chi connectivity index (χ0) is 14.3. The Morgan fingerprint density at radius 2 is 2.05 bits per heavy atom. The van der Waals surface area contributed by atoms with Crippen LogP contribution in [0, 0.1) is 0 Å². The van der Waals surface area contributed by atoms with Crippen LogP contribution in [0.4, 0.5) is 0 Å². The average molecular weight is 377 g/mol. The molecular formula is C15H24INO2. The summed E-state index contributed by atoms with van der Waals surface area (Å²) in [6, 6.07) is 7.66. The normalized spacial score (nSPS) is 13.3. The van der Waals surface area contributed by atoms with Crippen LogP contribution in [0.3, 0.4) is 0 Å². The van der Waals surface area contributed by atoms with Crippen molar-refractivity contribution in [3.8, 4) is 5.75 Å². The molecule has 0 bridgehead atoms. The summed E-state index contributed by atoms with van der Waals surface area (Å²) in [4.78, 5) is 0. The second-order valence-corrected chi connectivity index (χ2v) is 7.10. The van der Waals surface area contributed by atoms with Gasteiger partial charge in [-0.25, -0.2) is 0 Å². The van der Waals surface area contributed by atoms with Crippen LogP contribution in [0.2, 0.25) is 0 Å². The summed E-state index contributed by atoms with van der Waals surface area (Å²) in [5.74, 6) is 0.816. The van der Waals surface area contributed by atoms with Gasteiger partial charge in [0, 0.05) is 0 Å². The molecule has 0 aliphatic rings. The predicted octanol–water partition coefficient (Wildman–Crippen LogP) is 3.44. The van der Waals surface area contributed by atoms with Gasteiger partial charge >= 0.3 is 0 Å². The van der Waals surface area contributed by atoms with Gasteiger partial charge in [0.05, 0.1) is 9.53 Å². The third-order valence-corrected chi connectivity index (χ3v) is 5.28. The van der Waals surface area contributed by atoms with Gasteiger partial charge in [0.25, 0.3) is 0 Å². The van der Waals surface area contributed by atoms with Crippen molar-refractivity contribution in [1.82, 2.24) is 0 Å². The molecule has 0 saturated carbocycles. The minimum atomic E-state index is -0.504. The topological polar surface area (TPSA) is 55.5 Å². The maximum Gasteiger partial charge on any atom is 0.119 e. The van der Waals surface area contributed by atoms with Gasteiger partial charge in [-0.1, -0.05) is 48.6 Å². The SMILES string of the molecule is CCC(I)(CC)COc1cccc(C(O)CCN)c1. The summed E-state index contributed by atoms with van der Waals surface area (Å²) >= 11 is 2.47. The standard InChI is InChI=1S/C15H24INO2/c1-3-15(16,4-2)11-19-13-7-5-6-12(10-13)14(18)8-9-17/h5-7,10,14,18H,3-4,8-9,11,17H2,1-2H3. The number of nitrogens with two attached hydrogens (primary N) is 1. The van der Waals surface area contributed by atoms with Gasteiger partial charge in [-0.05, 0) is 43.5 Å². The molecule has 1 unspecified atom stereocenters. The van der Waals surface area contributed by atoms with Crippen molar-refractivity contribution in [3.63, 3.8) is 0 Å². The summed E-state index contributed by atoms with van der Waals surface area (Å²) in [5, 5.41) is 9.93. The molecule has 1 atom stereocenters. The van der Waals surface area contributed by atoms with Gasteiger partial charge in [-0.15, -0.1) is 0 Å². The number of aliphatic hydroxyl groups excluding tert-OH is 1. The number of aliphatic hydroxyl groups is 1. The molecule has 1 rings (SSSR count). The van der Waals surface area contributed by atoms with E-state index in [1.807, 2.05) is 24.3 Å². The Morgan fingerprint density at radius 1 is 1.37 bits per heavy atom. The van der Waals surface area contributed by atoms with Crippen LogP contribution in [-0.4, -0.2) is 21.7 Å². The first-order valence-corrected chi connectivity index (χ1v) is 7.92. The largest absolute Gasteiger partial charge is 0.492 e. The lowest BCUT2D eigenvalue weighted by Gasteiger charge is -2.24. The molecule has 0 fully saturated rings. The second kappa shape index (κ2) is 8.07. The Labute approximate surface area is 129 Å². The van der Waals surface area contributed by atoms with E-state index in [-0.39, 0.29) is 3.42 Å². The summed E-state index contributed by atoms with van der Waals surface area (Å²) in [7, 11) is 0. The summed E-state index contributed by atoms with van der Waals surface area (Å²) in [6.45, 7) is 5.53. The fourth-order valence-electron chi connectivity index (χ4n) is 1.80. The molecule has 0 saturated heterocycles. The van der Waals surface area contributed by atoms with E-state index >= 15 is 0 Å². The van der Waals surface area contributed by atoms with Crippen molar-refractivity contribution in [2.75, 3.05) is 13.2 Å². The molecule has 0 heterocycles. The highest BCUT2D eigenvalue weighted by molar-refractivity contribution is 14.1. The van der Waals surface area contributed by atoms with Crippen LogP contribution in [-0.2, 0) is 0 Å². The number of hydrogen-bond donors (Lipinski definition) is 2. The molecule has 0 aromatic heterocycles. The molecule has 0 radical (unpaired) electrons. The number of alkyl halides is 1. The minimum absolute atomic E-state index is 0.184. The lowest BCUT2D eigenvalue weighted by molar-refractivity contribution is 0.169. The Bertz CT molecular complexity index is 380. The Morgan fingerprint density at radius 3 is 2.63 bits per heavy atom. The zero-order valence-corrected chi connectivity index (χ0v) is 13.9. The van der Waals surface area contributed by atoms with Crippen molar-refractivity contribution in [3.05, 3.63) is 29.8 Å². The van der Waals surface area contributed by atoms with Gasteiger partial charge in [-0.3, -0.25) is 0 Å². The second-order valence-electron chi connectivity index (χ2n) is 4.81. The lowest BCUT2D eigenvalue weighted by atomic mass is 10.0. The Balaban J connectivity index is 2.67. The van der Waals surface area contributed by atoms with Crippen LogP contribution in [0.15, 0.2) is 24.3 Å². The van der Waals surface area contributed by atoms with E-state index in [1.165, 1.54) is 0 Å². The van der Waals surface area contributed by atoms with E-state index in [2.05, 4.69) is 36.4 Å². The first-order valence-electron chi connectivity index (χ1n) is 6.84. The van der Waals surface area contributed by atoms with E-state index in [1.54, 1.807) is 0 Å². The van der Waals surface area contributed by atoms with Gasteiger partial charge in [-0.2, -0.15) is 0 Å². The summed E-state index contributed by atoms with van der Waals surface area (Å²) in [5.41, 5.74) is 6.33. The maximum atomic E-state index is 9.93. The van der Waals surface area contributed by atoms with E-state index in [0.717, 1.165) is 24.2 Å². The number of rotatable bonds is 8. The maximum absolute atomic E-state index is 9.93. The van der Waals surface area contributed by atoms with Crippen LogP contribution < -0.4 is 10.5 Å². The number of hydrogen-bond acceptors (Lipinski definition) is 3. The van der Waals surface area contributed by atoms with E-state index in [4.69, 9.17) is 10.5 Å². The van der Waals surface area contributed by atoms with Crippen molar-refractivity contribution in [1.29, 1.82) is 0 Å². The van der Waals surface area contributed by atoms with E-state index < -0.39 is 6.10 Å². The highest BCUT2D eigenvalue weighted by Gasteiger charge is 2.22. The molecule has 0 aliphatic heterocycles. The average Bonchev–Trinajstić information content (AvgIpc) is 2.45. The molecule has 3 nitrogen and oxygen atoms in total. The third kappa shape index (κ3) is 5.28. The lowest BCUT2D eigenvalue weighted by Crippen LogP contribution is -2.27. The predicted molar refractivity (Wildman–Crippen MR) is 87.9 cm³/mol. The van der Waals surface area contributed by atoms with Crippen molar-refractivity contribution in [2.45, 2.75) is 42.6 Å². The molecular weight excluding hydrogens is 353 g/mol. The van der Waals surface area contributed by atoms with E-state index in [9.17, 15) is 5.11 Å².